The second kappa shape index (κ2) is 7.21. The van der Waals surface area contributed by atoms with Gasteiger partial charge in [0.05, 0.1) is 11.5 Å². The SMILES string of the molecule is O=C(NCC1CCN([C@@H]2CCOC2)CC1)c1cc2ccccc2s1. The van der Waals surface area contributed by atoms with Gasteiger partial charge in [0, 0.05) is 23.9 Å². The van der Waals surface area contributed by atoms with Gasteiger partial charge in [0.1, 0.15) is 0 Å². The Balaban J connectivity index is 1.27. The van der Waals surface area contributed by atoms with Gasteiger partial charge in [-0.15, -0.1) is 11.3 Å². The molecule has 24 heavy (non-hydrogen) atoms. The molecule has 2 aliphatic heterocycles. The predicted octanol–water partition coefficient (Wildman–Crippen LogP) is 3.13. The number of rotatable bonds is 4. The number of nitrogens with one attached hydrogen (secondary N) is 1. The van der Waals surface area contributed by atoms with Gasteiger partial charge in [0.2, 0.25) is 0 Å². The molecule has 1 aromatic heterocycles. The summed E-state index contributed by atoms with van der Waals surface area (Å²) in [7, 11) is 0. The number of amides is 1. The van der Waals surface area contributed by atoms with Gasteiger partial charge in [-0.1, -0.05) is 18.2 Å². The third-order valence-electron chi connectivity index (χ3n) is 5.27. The van der Waals surface area contributed by atoms with E-state index in [1.165, 1.54) is 24.0 Å². The molecule has 5 heteroatoms. The van der Waals surface area contributed by atoms with Crippen LogP contribution in [0.2, 0.25) is 0 Å². The molecule has 1 N–H and O–H groups in total. The maximum atomic E-state index is 12.4. The molecule has 0 aliphatic carbocycles. The van der Waals surface area contributed by atoms with E-state index in [-0.39, 0.29) is 5.91 Å². The van der Waals surface area contributed by atoms with Crippen LogP contribution in [0, 0.1) is 5.92 Å². The lowest BCUT2D eigenvalue weighted by Crippen LogP contribution is -2.43. The highest BCUT2D eigenvalue weighted by molar-refractivity contribution is 7.20. The molecule has 0 bridgehead atoms. The van der Waals surface area contributed by atoms with E-state index in [2.05, 4.69) is 22.3 Å². The average molecular weight is 344 g/mol. The van der Waals surface area contributed by atoms with E-state index in [4.69, 9.17) is 4.74 Å². The maximum Gasteiger partial charge on any atom is 0.261 e. The second-order valence-corrected chi connectivity index (χ2v) is 7.94. The predicted molar refractivity (Wildman–Crippen MR) is 97.7 cm³/mol. The largest absolute Gasteiger partial charge is 0.380 e. The van der Waals surface area contributed by atoms with Gasteiger partial charge in [-0.05, 0) is 55.8 Å². The molecule has 0 radical (unpaired) electrons. The Morgan fingerprint density at radius 1 is 1.25 bits per heavy atom. The molecule has 3 heterocycles. The van der Waals surface area contributed by atoms with Gasteiger partial charge in [0.25, 0.3) is 5.91 Å². The lowest BCUT2D eigenvalue weighted by Gasteiger charge is -2.35. The fourth-order valence-electron chi connectivity index (χ4n) is 3.75. The van der Waals surface area contributed by atoms with Gasteiger partial charge >= 0.3 is 0 Å². The van der Waals surface area contributed by atoms with E-state index in [1.807, 2.05) is 18.2 Å². The summed E-state index contributed by atoms with van der Waals surface area (Å²) in [4.78, 5) is 15.8. The van der Waals surface area contributed by atoms with Crippen LogP contribution in [0.5, 0.6) is 0 Å². The molecule has 2 saturated heterocycles. The first-order chi connectivity index (χ1) is 11.8. The Bertz CT molecular complexity index is 667. The van der Waals surface area contributed by atoms with Gasteiger partial charge in [0.15, 0.2) is 0 Å². The van der Waals surface area contributed by atoms with Crippen LogP contribution in [-0.2, 0) is 4.74 Å². The Morgan fingerprint density at radius 2 is 2.08 bits per heavy atom. The van der Waals surface area contributed by atoms with E-state index in [0.717, 1.165) is 43.1 Å². The van der Waals surface area contributed by atoms with E-state index in [1.54, 1.807) is 11.3 Å². The summed E-state index contributed by atoms with van der Waals surface area (Å²) in [5, 5.41) is 4.29. The number of hydrogen-bond acceptors (Lipinski definition) is 4. The number of carbonyl (C=O) groups is 1. The number of hydrogen-bond donors (Lipinski definition) is 1. The molecule has 1 aromatic carbocycles. The summed E-state index contributed by atoms with van der Waals surface area (Å²) >= 11 is 1.58. The molecule has 2 aliphatic rings. The molecule has 1 atom stereocenters. The van der Waals surface area contributed by atoms with Crippen molar-refractivity contribution in [2.24, 2.45) is 5.92 Å². The highest BCUT2D eigenvalue weighted by atomic mass is 32.1. The zero-order valence-corrected chi connectivity index (χ0v) is 14.7. The first-order valence-corrected chi connectivity index (χ1v) is 9.70. The Morgan fingerprint density at radius 3 is 2.83 bits per heavy atom. The minimum absolute atomic E-state index is 0.0721. The second-order valence-electron chi connectivity index (χ2n) is 6.86. The van der Waals surface area contributed by atoms with Gasteiger partial charge in [-0.2, -0.15) is 0 Å². The first kappa shape index (κ1) is 16.1. The number of ether oxygens (including phenoxy) is 1. The van der Waals surface area contributed by atoms with Crippen LogP contribution >= 0.6 is 11.3 Å². The highest BCUT2D eigenvalue weighted by Gasteiger charge is 2.27. The molecule has 2 fully saturated rings. The quantitative estimate of drug-likeness (QED) is 0.926. The van der Waals surface area contributed by atoms with E-state index >= 15 is 0 Å². The summed E-state index contributed by atoms with van der Waals surface area (Å²) in [5.41, 5.74) is 0. The molecule has 128 valence electrons. The molecule has 0 saturated carbocycles. The smallest absolute Gasteiger partial charge is 0.261 e. The van der Waals surface area contributed by atoms with Crippen molar-refractivity contribution < 1.29 is 9.53 Å². The zero-order chi connectivity index (χ0) is 16.4. The van der Waals surface area contributed by atoms with Gasteiger partial charge in [-0.3, -0.25) is 9.69 Å². The number of carbonyl (C=O) groups excluding carboxylic acids is 1. The summed E-state index contributed by atoms with van der Waals surface area (Å²) < 4.78 is 6.67. The van der Waals surface area contributed by atoms with Gasteiger partial charge in [-0.25, -0.2) is 0 Å². The van der Waals surface area contributed by atoms with Crippen LogP contribution in [0.1, 0.15) is 28.9 Å². The van der Waals surface area contributed by atoms with Crippen LogP contribution in [0.25, 0.3) is 10.1 Å². The van der Waals surface area contributed by atoms with Crippen molar-refractivity contribution in [3.8, 4) is 0 Å². The summed E-state index contributed by atoms with van der Waals surface area (Å²) in [5.74, 6) is 0.671. The monoisotopic (exact) mass is 344 g/mol. The standard InChI is InChI=1S/C19H24N2O2S/c22-19(18-11-15-3-1-2-4-17(15)24-18)20-12-14-5-8-21(9-6-14)16-7-10-23-13-16/h1-4,11,14,16H,5-10,12-13H2,(H,20,22)/t16-/m1/s1. The molecule has 0 unspecified atom stereocenters. The average Bonchev–Trinajstić information content (AvgIpc) is 3.29. The van der Waals surface area contributed by atoms with Crippen molar-refractivity contribution in [1.82, 2.24) is 10.2 Å². The van der Waals surface area contributed by atoms with Crippen LogP contribution in [0.4, 0.5) is 0 Å². The van der Waals surface area contributed by atoms with E-state index in [0.29, 0.717) is 12.0 Å². The van der Waals surface area contributed by atoms with Crippen molar-refractivity contribution in [3.05, 3.63) is 35.2 Å². The van der Waals surface area contributed by atoms with Crippen LogP contribution in [0.3, 0.4) is 0 Å². The summed E-state index contributed by atoms with van der Waals surface area (Å²) in [6.45, 7) is 4.88. The van der Waals surface area contributed by atoms with Crippen molar-refractivity contribution in [2.75, 3.05) is 32.8 Å². The maximum absolute atomic E-state index is 12.4. The third kappa shape index (κ3) is 3.48. The Labute approximate surface area is 146 Å². The fraction of sp³-hybridized carbons (Fsp3) is 0.526. The van der Waals surface area contributed by atoms with Crippen molar-refractivity contribution in [3.63, 3.8) is 0 Å². The van der Waals surface area contributed by atoms with Crippen molar-refractivity contribution >= 4 is 27.3 Å². The lowest BCUT2D eigenvalue weighted by molar-refractivity contribution is 0.0915. The Hall–Kier alpha value is -1.43. The summed E-state index contributed by atoms with van der Waals surface area (Å²) in [6.07, 6.45) is 3.51. The third-order valence-corrected chi connectivity index (χ3v) is 6.39. The molecule has 4 rings (SSSR count). The van der Waals surface area contributed by atoms with Crippen molar-refractivity contribution in [2.45, 2.75) is 25.3 Å². The van der Waals surface area contributed by atoms with Crippen LogP contribution in [0.15, 0.2) is 30.3 Å². The number of likely N-dealkylation sites (tertiary alicyclic amines) is 1. The molecule has 2 aromatic rings. The van der Waals surface area contributed by atoms with E-state index < -0.39 is 0 Å². The van der Waals surface area contributed by atoms with E-state index in [9.17, 15) is 4.79 Å². The number of piperidine rings is 1. The van der Waals surface area contributed by atoms with Crippen LogP contribution in [-0.4, -0.2) is 49.7 Å². The fourth-order valence-corrected chi connectivity index (χ4v) is 4.73. The zero-order valence-electron chi connectivity index (χ0n) is 13.9. The molecule has 1 amide bonds. The molecular weight excluding hydrogens is 320 g/mol. The minimum Gasteiger partial charge on any atom is -0.380 e. The number of thiophene rings is 1. The molecule has 0 spiro atoms. The lowest BCUT2D eigenvalue weighted by atomic mass is 9.95. The number of fused-ring (bicyclic) bond motifs is 1. The summed E-state index contributed by atoms with van der Waals surface area (Å²) in [6, 6.07) is 10.8. The Kier molecular flexibility index (Phi) is 4.83. The normalized spacial score (nSPS) is 22.9. The highest BCUT2D eigenvalue weighted by Crippen LogP contribution is 2.26. The topological polar surface area (TPSA) is 41.6 Å². The molecule has 4 nitrogen and oxygen atoms in total. The number of benzene rings is 1. The minimum atomic E-state index is 0.0721. The first-order valence-electron chi connectivity index (χ1n) is 8.88. The van der Waals surface area contributed by atoms with Gasteiger partial charge < -0.3 is 10.1 Å². The molecular formula is C19H24N2O2S. The van der Waals surface area contributed by atoms with Crippen LogP contribution < -0.4 is 5.32 Å². The number of nitrogens with zero attached hydrogens (tertiary/aromatic N) is 1. The van der Waals surface area contributed by atoms with Crippen molar-refractivity contribution in [1.29, 1.82) is 0 Å².